The lowest BCUT2D eigenvalue weighted by atomic mass is 9.80. The van der Waals surface area contributed by atoms with Gasteiger partial charge in [0.15, 0.2) is 9.92 Å². The topological polar surface area (TPSA) is 106 Å². The average molecular weight is 406 g/mol. The van der Waals surface area contributed by atoms with E-state index < -0.39 is 21.4 Å². The van der Waals surface area contributed by atoms with Crippen LogP contribution in [0.2, 0.25) is 0 Å². The van der Waals surface area contributed by atoms with E-state index in [0.29, 0.717) is 5.01 Å². The summed E-state index contributed by atoms with van der Waals surface area (Å²) in [6.07, 6.45) is 6.72. The number of aryl methyl sites for hydroxylation is 2. The smallest absolute Gasteiger partial charge is 0.259 e. The van der Waals surface area contributed by atoms with E-state index in [4.69, 9.17) is 5.14 Å². The zero-order valence-corrected chi connectivity index (χ0v) is 17.1. The van der Waals surface area contributed by atoms with E-state index in [0.717, 1.165) is 49.0 Å². The third-order valence-corrected chi connectivity index (χ3v) is 8.46. The van der Waals surface area contributed by atoms with E-state index in [2.05, 4.69) is 15.4 Å². The number of carbonyl (C=O) groups is 1. The van der Waals surface area contributed by atoms with Crippen molar-refractivity contribution >= 4 is 27.2 Å². The molecule has 0 spiro atoms. The number of benzene rings is 1. The van der Waals surface area contributed by atoms with Crippen LogP contribution in [0.5, 0.6) is 0 Å². The van der Waals surface area contributed by atoms with Crippen LogP contribution in [0.4, 0.5) is 0 Å². The van der Waals surface area contributed by atoms with Crippen molar-refractivity contribution in [2.75, 3.05) is 0 Å². The third-order valence-electron chi connectivity index (χ3n) is 5.23. The number of nitrogens with zero attached hydrogens (tertiary/aromatic N) is 2. The Morgan fingerprint density at radius 1 is 1.30 bits per heavy atom. The van der Waals surface area contributed by atoms with Gasteiger partial charge in [-0.2, -0.15) is 0 Å². The molecule has 1 aromatic heterocycles. The third kappa shape index (κ3) is 3.47. The number of rotatable bonds is 4. The van der Waals surface area contributed by atoms with Gasteiger partial charge in [0.25, 0.3) is 5.91 Å². The van der Waals surface area contributed by atoms with Gasteiger partial charge in [-0.3, -0.25) is 4.79 Å². The van der Waals surface area contributed by atoms with Crippen molar-refractivity contribution in [2.24, 2.45) is 9.50 Å². The summed E-state index contributed by atoms with van der Waals surface area (Å²) in [7, 11) is -3.37. The molecule has 1 heterocycles. The summed E-state index contributed by atoms with van der Waals surface area (Å²) in [5, 5.41) is 16.3. The molecule has 2 aromatic rings. The van der Waals surface area contributed by atoms with Gasteiger partial charge in [-0.15, -0.1) is 15.7 Å². The molecule has 0 bridgehead atoms. The second kappa shape index (κ2) is 6.48. The fourth-order valence-electron chi connectivity index (χ4n) is 3.83. The molecule has 2 aliphatic carbocycles. The van der Waals surface area contributed by atoms with Crippen LogP contribution in [0, 0.1) is 0 Å². The Morgan fingerprint density at radius 2 is 2.00 bits per heavy atom. The van der Waals surface area contributed by atoms with Gasteiger partial charge in [0.05, 0.1) is 12.6 Å². The monoisotopic (exact) mass is 405 g/mol. The van der Waals surface area contributed by atoms with E-state index in [1.165, 1.54) is 28.5 Å². The summed E-state index contributed by atoms with van der Waals surface area (Å²) >= 11 is 1.02. The minimum Gasteiger partial charge on any atom is -0.383 e. The highest BCUT2D eigenvalue weighted by Crippen LogP contribution is 2.36. The number of hydrogen-bond donors (Lipinski definition) is 2. The van der Waals surface area contributed by atoms with Crippen molar-refractivity contribution in [1.29, 1.82) is 0 Å². The molecule has 4 rings (SSSR count). The summed E-state index contributed by atoms with van der Waals surface area (Å²) in [6, 6.07) is 2.29. The Morgan fingerprint density at radius 3 is 2.63 bits per heavy atom. The predicted molar refractivity (Wildman–Crippen MR) is 105 cm³/mol. The maximum Gasteiger partial charge on any atom is 0.259 e. The number of aliphatic hydroxyl groups is 1. The van der Waals surface area contributed by atoms with Crippen LogP contribution in [-0.2, 0) is 52.4 Å². The zero-order chi connectivity index (χ0) is 19.4. The van der Waals surface area contributed by atoms with Gasteiger partial charge in [0, 0.05) is 0 Å². The minimum absolute atomic E-state index is 0.150. The second-order valence-electron chi connectivity index (χ2n) is 7.76. The number of carbonyl (C=O) groups excluding carboxylic acids is 1. The van der Waals surface area contributed by atoms with E-state index >= 15 is 0 Å². The molecule has 2 aliphatic rings. The van der Waals surface area contributed by atoms with Gasteiger partial charge in [-0.1, -0.05) is 6.07 Å². The van der Waals surface area contributed by atoms with Crippen LogP contribution in [0.3, 0.4) is 0 Å². The van der Waals surface area contributed by atoms with Crippen molar-refractivity contribution in [3.05, 3.63) is 45.1 Å². The summed E-state index contributed by atoms with van der Waals surface area (Å²) in [4.78, 5) is 16.7. The van der Waals surface area contributed by atoms with Gasteiger partial charge in [-0.05, 0) is 73.8 Å². The van der Waals surface area contributed by atoms with Crippen molar-refractivity contribution in [3.63, 3.8) is 0 Å². The normalized spacial score (nSPS) is 17.6. The molecular weight excluding hydrogens is 382 g/mol. The number of hydrogen-bond acceptors (Lipinski definition) is 5. The van der Waals surface area contributed by atoms with E-state index in [1.54, 1.807) is 13.8 Å². The molecule has 8 heteroatoms. The molecule has 6 nitrogen and oxygen atoms in total. The molecule has 0 saturated heterocycles. The maximum atomic E-state index is 12.8. The van der Waals surface area contributed by atoms with Crippen LogP contribution >= 0.6 is 11.3 Å². The summed E-state index contributed by atoms with van der Waals surface area (Å²) < 4.78 is 16.9. The van der Waals surface area contributed by atoms with Gasteiger partial charge in [0.1, 0.15) is 14.8 Å². The number of aromatic nitrogens is 1. The minimum atomic E-state index is -3.37. The summed E-state index contributed by atoms with van der Waals surface area (Å²) in [6.45, 7) is 3.17. The van der Waals surface area contributed by atoms with Crippen LogP contribution < -0.4 is 5.14 Å². The first-order valence-electron chi connectivity index (χ1n) is 9.07. The Balaban J connectivity index is 1.63. The van der Waals surface area contributed by atoms with Crippen molar-refractivity contribution in [2.45, 2.75) is 62.2 Å². The van der Waals surface area contributed by atoms with Gasteiger partial charge in [-0.25, -0.2) is 14.3 Å². The molecule has 0 aliphatic heterocycles. The molecule has 1 amide bonds. The van der Waals surface area contributed by atoms with Gasteiger partial charge < -0.3 is 5.11 Å². The molecule has 0 radical (unpaired) electrons. The first-order chi connectivity index (χ1) is 12.6. The summed E-state index contributed by atoms with van der Waals surface area (Å²) in [5.41, 5.74) is 5.16. The number of amides is 1. The highest BCUT2D eigenvalue weighted by Gasteiger charge is 2.27. The van der Waals surface area contributed by atoms with E-state index in [-0.39, 0.29) is 10.6 Å². The number of nitrogens with two attached hydrogens (primary N) is 1. The molecule has 27 heavy (non-hydrogen) atoms. The SMILES string of the molecule is CC(C)(O)c1ncc(S(N)(=O)=NC(=O)Cc2c3c(cc4c2CC4)CCC3)s1. The van der Waals surface area contributed by atoms with Crippen LogP contribution in [0.15, 0.2) is 20.8 Å². The van der Waals surface area contributed by atoms with Crippen LogP contribution in [0.1, 0.15) is 53.1 Å². The quantitative estimate of drug-likeness (QED) is 0.815. The lowest BCUT2D eigenvalue weighted by Gasteiger charge is -2.25. The van der Waals surface area contributed by atoms with Crippen molar-refractivity contribution < 1.29 is 14.1 Å². The van der Waals surface area contributed by atoms with E-state index in [1.807, 2.05) is 0 Å². The lowest BCUT2D eigenvalue weighted by Crippen LogP contribution is -2.19. The fraction of sp³-hybridized carbons (Fsp3) is 0.474. The Bertz CT molecular complexity index is 1060. The zero-order valence-electron chi connectivity index (χ0n) is 15.4. The Labute approximate surface area is 163 Å². The molecular formula is C19H23N3O3S2. The average Bonchev–Trinajstić information content (AvgIpc) is 3.18. The number of fused-ring (bicyclic) bond motifs is 2. The highest BCUT2D eigenvalue weighted by atomic mass is 32.2. The maximum absolute atomic E-state index is 12.8. The predicted octanol–water partition coefficient (Wildman–Crippen LogP) is 2.43. The van der Waals surface area contributed by atoms with Crippen molar-refractivity contribution in [1.82, 2.24) is 4.98 Å². The molecule has 3 N–H and O–H groups in total. The lowest BCUT2D eigenvalue weighted by molar-refractivity contribution is -0.117. The first kappa shape index (κ1) is 18.7. The molecule has 0 fully saturated rings. The molecule has 144 valence electrons. The van der Waals surface area contributed by atoms with E-state index in [9.17, 15) is 14.1 Å². The van der Waals surface area contributed by atoms with Gasteiger partial charge in [0.2, 0.25) is 0 Å². The standard InChI is InChI=1S/C19H23N3O3S2/c1-19(2,24)18-21-10-17(26-18)27(20,25)22-16(23)9-15-13-5-3-4-11(13)8-12-6-7-14(12)15/h8,10,24H,3-7,9H2,1-2H3,(H2,20,22,23,25). The Kier molecular flexibility index (Phi) is 4.50. The fourth-order valence-corrected chi connectivity index (χ4v) is 5.97. The number of thiazole rings is 1. The molecule has 1 aromatic carbocycles. The highest BCUT2D eigenvalue weighted by molar-refractivity contribution is 7.93. The Hall–Kier alpha value is -1.61. The van der Waals surface area contributed by atoms with Crippen LogP contribution in [0.25, 0.3) is 0 Å². The molecule has 1 unspecified atom stereocenters. The van der Waals surface area contributed by atoms with Crippen molar-refractivity contribution in [3.8, 4) is 0 Å². The second-order valence-corrected chi connectivity index (χ2v) is 10.8. The molecule has 1 atom stereocenters. The summed E-state index contributed by atoms with van der Waals surface area (Å²) in [5.74, 6) is -0.463. The first-order valence-corrected chi connectivity index (χ1v) is 11.5. The molecule has 0 saturated carbocycles. The largest absolute Gasteiger partial charge is 0.383 e. The van der Waals surface area contributed by atoms with Crippen LogP contribution in [-0.4, -0.2) is 20.2 Å². The van der Waals surface area contributed by atoms with Gasteiger partial charge >= 0.3 is 0 Å².